The van der Waals surface area contributed by atoms with E-state index in [1.807, 2.05) is 56.3 Å². The number of hydrogen-bond donors (Lipinski definition) is 1. The van der Waals surface area contributed by atoms with E-state index in [9.17, 15) is 9.90 Å². The van der Waals surface area contributed by atoms with Crippen LogP contribution in [-0.2, 0) is 0 Å². The van der Waals surface area contributed by atoms with Crippen LogP contribution in [0.2, 0.25) is 0 Å². The Labute approximate surface area is 177 Å². The van der Waals surface area contributed by atoms with Gasteiger partial charge in [0.15, 0.2) is 0 Å². The standard InChI is InChI=1S/C25H29N3O2/c1-4-27-13-7-8-20(27)15-26-16-23-21-9-5-6-10-22(21)24(29)28(25(23)30)19-12-11-17(2)18(3)14-19/h5-6,9-12,14,16,20,30H,4,7-8,13,15H2,1-3H3/t20-/m0/s1. The van der Waals surface area contributed by atoms with Gasteiger partial charge < -0.3 is 5.11 Å². The Morgan fingerprint density at radius 3 is 2.63 bits per heavy atom. The Bertz CT molecular complexity index is 1160. The number of likely N-dealkylation sites (tertiary alicyclic amines) is 1. The first-order valence-electron chi connectivity index (χ1n) is 10.7. The van der Waals surface area contributed by atoms with Gasteiger partial charge in [0.25, 0.3) is 5.56 Å². The molecule has 1 aromatic heterocycles. The predicted molar refractivity (Wildman–Crippen MR) is 123 cm³/mol. The van der Waals surface area contributed by atoms with Crippen molar-refractivity contribution in [1.82, 2.24) is 9.47 Å². The summed E-state index contributed by atoms with van der Waals surface area (Å²) in [6, 6.07) is 13.6. The molecule has 1 atom stereocenters. The van der Waals surface area contributed by atoms with Gasteiger partial charge in [-0.1, -0.05) is 31.2 Å². The Balaban J connectivity index is 1.81. The van der Waals surface area contributed by atoms with E-state index >= 15 is 0 Å². The lowest BCUT2D eigenvalue weighted by atomic mass is 10.1. The highest BCUT2D eigenvalue weighted by atomic mass is 16.3. The van der Waals surface area contributed by atoms with Crippen molar-refractivity contribution in [2.45, 2.75) is 39.7 Å². The summed E-state index contributed by atoms with van der Waals surface area (Å²) in [5.74, 6) is -0.0653. The number of aromatic hydroxyl groups is 1. The van der Waals surface area contributed by atoms with Crippen LogP contribution in [0.5, 0.6) is 5.88 Å². The quantitative estimate of drug-likeness (QED) is 0.649. The van der Waals surface area contributed by atoms with Crippen LogP contribution < -0.4 is 5.56 Å². The Morgan fingerprint density at radius 2 is 1.90 bits per heavy atom. The first kappa shape index (κ1) is 20.4. The zero-order valence-corrected chi connectivity index (χ0v) is 17.9. The van der Waals surface area contributed by atoms with Crippen molar-refractivity contribution in [1.29, 1.82) is 0 Å². The average Bonchev–Trinajstić information content (AvgIpc) is 3.20. The average molecular weight is 404 g/mol. The molecular formula is C25H29N3O2. The van der Waals surface area contributed by atoms with Crippen molar-refractivity contribution < 1.29 is 5.11 Å². The van der Waals surface area contributed by atoms with E-state index in [0.717, 1.165) is 36.0 Å². The number of hydrogen-bond acceptors (Lipinski definition) is 4. The highest BCUT2D eigenvalue weighted by molar-refractivity contribution is 6.01. The highest BCUT2D eigenvalue weighted by Gasteiger charge is 2.22. The molecule has 0 amide bonds. The van der Waals surface area contributed by atoms with Crippen LogP contribution in [0.15, 0.2) is 52.3 Å². The zero-order valence-electron chi connectivity index (χ0n) is 17.9. The molecule has 0 aliphatic carbocycles. The first-order valence-corrected chi connectivity index (χ1v) is 10.7. The molecule has 4 rings (SSSR count). The van der Waals surface area contributed by atoms with Crippen LogP contribution in [0, 0.1) is 13.8 Å². The molecule has 0 unspecified atom stereocenters. The molecule has 2 aromatic carbocycles. The minimum absolute atomic E-state index is 0.0653. The van der Waals surface area contributed by atoms with Crippen LogP contribution in [0.1, 0.15) is 36.5 Å². The van der Waals surface area contributed by atoms with Gasteiger partial charge in [0.05, 0.1) is 17.8 Å². The molecule has 0 bridgehead atoms. The van der Waals surface area contributed by atoms with Crippen molar-refractivity contribution in [2.24, 2.45) is 4.99 Å². The third-order valence-electron chi connectivity index (χ3n) is 6.29. The lowest BCUT2D eigenvalue weighted by Gasteiger charge is -2.20. The number of aliphatic imine (C=N–C) groups is 1. The van der Waals surface area contributed by atoms with Gasteiger partial charge in [-0.15, -0.1) is 0 Å². The minimum atomic E-state index is -0.226. The number of likely N-dealkylation sites (N-methyl/N-ethyl adjacent to an activating group) is 1. The maximum absolute atomic E-state index is 13.2. The van der Waals surface area contributed by atoms with Crippen LogP contribution >= 0.6 is 0 Å². The third kappa shape index (κ3) is 3.65. The molecule has 3 aromatic rings. The number of nitrogens with zero attached hydrogens (tertiary/aromatic N) is 3. The van der Waals surface area contributed by atoms with E-state index in [1.165, 1.54) is 11.0 Å². The number of aromatic nitrogens is 1. The maximum Gasteiger partial charge on any atom is 0.265 e. The minimum Gasteiger partial charge on any atom is -0.494 e. The van der Waals surface area contributed by atoms with Gasteiger partial charge in [0.1, 0.15) is 0 Å². The van der Waals surface area contributed by atoms with E-state index in [1.54, 1.807) is 6.21 Å². The van der Waals surface area contributed by atoms with E-state index < -0.39 is 0 Å². The predicted octanol–water partition coefficient (Wildman–Crippen LogP) is 4.22. The fraction of sp³-hybridized carbons (Fsp3) is 0.360. The van der Waals surface area contributed by atoms with Crippen molar-refractivity contribution in [3.8, 4) is 11.6 Å². The second-order valence-electron chi connectivity index (χ2n) is 8.11. The Morgan fingerprint density at radius 1 is 1.13 bits per heavy atom. The number of fused-ring (bicyclic) bond motifs is 1. The van der Waals surface area contributed by atoms with Gasteiger partial charge in [0.2, 0.25) is 5.88 Å². The smallest absolute Gasteiger partial charge is 0.265 e. The summed E-state index contributed by atoms with van der Waals surface area (Å²) in [6.07, 6.45) is 4.10. The highest BCUT2D eigenvalue weighted by Crippen LogP contribution is 2.27. The van der Waals surface area contributed by atoms with Gasteiger partial charge in [-0.25, -0.2) is 4.57 Å². The molecule has 1 saturated heterocycles. The van der Waals surface area contributed by atoms with Crippen molar-refractivity contribution in [3.63, 3.8) is 0 Å². The van der Waals surface area contributed by atoms with Gasteiger partial charge in [-0.2, -0.15) is 0 Å². The molecule has 30 heavy (non-hydrogen) atoms. The fourth-order valence-corrected chi connectivity index (χ4v) is 4.38. The van der Waals surface area contributed by atoms with Gasteiger partial charge in [-0.05, 0) is 69.1 Å². The summed E-state index contributed by atoms with van der Waals surface area (Å²) in [6.45, 7) is 9.08. The molecule has 1 aliphatic rings. The monoisotopic (exact) mass is 403 g/mol. The molecule has 1 fully saturated rings. The second-order valence-corrected chi connectivity index (χ2v) is 8.11. The summed E-state index contributed by atoms with van der Waals surface area (Å²) in [5.41, 5.74) is 3.24. The van der Waals surface area contributed by atoms with Crippen LogP contribution in [0.25, 0.3) is 16.5 Å². The SMILES string of the molecule is CCN1CCC[C@H]1CN=Cc1c(O)n(-c2ccc(C)c(C)c2)c(=O)c2ccccc12. The number of rotatable bonds is 5. The molecule has 1 N–H and O–H groups in total. The fourth-order valence-electron chi connectivity index (χ4n) is 4.38. The summed E-state index contributed by atoms with van der Waals surface area (Å²) in [7, 11) is 0. The van der Waals surface area contributed by atoms with E-state index in [4.69, 9.17) is 0 Å². The molecule has 2 heterocycles. The van der Waals surface area contributed by atoms with Crippen molar-refractivity contribution >= 4 is 17.0 Å². The lowest BCUT2D eigenvalue weighted by Crippen LogP contribution is -2.31. The maximum atomic E-state index is 13.2. The second kappa shape index (κ2) is 8.44. The zero-order chi connectivity index (χ0) is 21.3. The third-order valence-corrected chi connectivity index (χ3v) is 6.29. The normalized spacial score (nSPS) is 17.4. The Kier molecular flexibility index (Phi) is 5.73. The molecule has 156 valence electrons. The van der Waals surface area contributed by atoms with Gasteiger partial charge in [-0.3, -0.25) is 14.7 Å². The summed E-state index contributed by atoms with van der Waals surface area (Å²) < 4.78 is 1.39. The topological polar surface area (TPSA) is 57.8 Å². The summed E-state index contributed by atoms with van der Waals surface area (Å²) >= 11 is 0. The molecule has 5 heteroatoms. The molecule has 0 radical (unpaired) electrons. The van der Waals surface area contributed by atoms with Crippen molar-refractivity contribution in [3.05, 3.63) is 69.5 Å². The Hall–Kier alpha value is -2.92. The van der Waals surface area contributed by atoms with Crippen LogP contribution in [0.4, 0.5) is 0 Å². The molecule has 1 aliphatic heterocycles. The molecular weight excluding hydrogens is 374 g/mol. The van der Waals surface area contributed by atoms with Gasteiger partial charge in [0, 0.05) is 23.0 Å². The number of aryl methyl sites for hydroxylation is 2. The van der Waals surface area contributed by atoms with Gasteiger partial charge >= 0.3 is 0 Å². The number of pyridine rings is 1. The molecule has 0 spiro atoms. The lowest BCUT2D eigenvalue weighted by molar-refractivity contribution is 0.273. The first-order chi connectivity index (χ1) is 14.5. The molecule has 0 saturated carbocycles. The van der Waals surface area contributed by atoms with Crippen LogP contribution in [0.3, 0.4) is 0 Å². The number of benzene rings is 2. The van der Waals surface area contributed by atoms with Crippen LogP contribution in [-0.4, -0.2) is 46.5 Å². The van der Waals surface area contributed by atoms with E-state index in [2.05, 4.69) is 16.8 Å². The van der Waals surface area contributed by atoms with E-state index in [-0.39, 0.29) is 11.4 Å². The largest absolute Gasteiger partial charge is 0.494 e. The molecule has 5 nitrogen and oxygen atoms in total. The van der Waals surface area contributed by atoms with E-state index in [0.29, 0.717) is 29.2 Å². The summed E-state index contributed by atoms with van der Waals surface area (Å²) in [5, 5.41) is 12.4. The van der Waals surface area contributed by atoms with Crippen molar-refractivity contribution in [2.75, 3.05) is 19.6 Å². The summed E-state index contributed by atoms with van der Waals surface area (Å²) in [4.78, 5) is 20.4.